The van der Waals surface area contributed by atoms with Crippen LogP contribution in [0.2, 0.25) is 0 Å². The lowest BCUT2D eigenvalue weighted by atomic mass is 10.0. The summed E-state index contributed by atoms with van der Waals surface area (Å²) < 4.78 is 27.5. The van der Waals surface area contributed by atoms with Crippen molar-refractivity contribution in [3.8, 4) is 0 Å². The highest BCUT2D eigenvalue weighted by atomic mass is 32.2. The Morgan fingerprint density at radius 3 is 1.79 bits per heavy atom. The Bertz CT molecular complexity index is 991. The molecule has 0 aliphatic rings. The fraction of sp³-hybridized carbons (Fsp3) is 0.409. The van der Waals surface area contributed by atoms with E-state index in [0.717, 1.165) is 48.9 Å². The molecular formula is C22H30N2O3S. The molecule has 0 fully saturated rings. The quantitative estimate of drug-likeness (QED) is 0.819. The second-order valence-corrected chi connectivity index (χ2v) is 9.65. The van der Waals surface area contributed by atoms with E-state index in [0.29, 0.717) is 4.90 Å². The molecular weight excluding hydrogens is 372 g/mol. The van der Waals surface area contributed by atoms with E-state index in [1.807, 2.05) is 66.7 Å². The second-order valence-electron chi connectivity index (χ2n) is 7.67. The number of anilines is 1. The number of sulfonamides is 1. The lowest BCUT2D eigenvalue weighted by Crippen LogP contribution is -2.36. The number of hydrogen-bond donors (Lipinski definition) is 1. The van der Waals surface area contributed by atoms with Crippen molar-refractivity contribution in [1.29, 1.82) is 0 Å². The highest BCUT2D eigenvalue weighted by molar-refractivity contribution is 7.89. The first-order chi connectivity index (χ1) is 12.9. The van der Waals surface area contributed by atoms with E-state index < -0.39 is 10.0 Å². The Kier molecular flexibility index (Phi) is 6.36. The first kappa shape index (κ1) is 22.1. The zero-order valence-corrected chi connectivity index (χ0v) is 18.8. The lowest BCUT2D eigenvalue weighted by Gasteiger charge is -2.22. The van der Waals surface area contributed by atoms with Crippen molar-refractivity contribution in [3.63, 3.8) is 0 Å². The van der Waals surface area contributed by atoms with Crippen LogP contribution in [-0.4, -0.2) is 32.2 Å². The molecule has 0 aliphatic heterocycles. The Labute approximate surface area is 168 Å². The molecule has 0 heterocycles. The maximum Gasteiger partial charge on any atom is 0.243 e. The summed E-state index contributed by atoms with van der Waals surface area (Å²) in [6, 6.07) is 5.97. The minimum Gasteiger partial charge on any atom is -0.324 e. The van der Waals surface area contributed by atoms with Crippen molar-refractivity contribution in [2.75, 3.05) is 18.9 Å². The molecule has 6 heteroatoms. The number of carbonyl (C=O) groups is 1. The van der Waals surface area contributed by atoms with Crippen molar-refractivity contribution in [3.05, 3.63) is 57.1 Å². The lowest BCUT2D eigenvalue weighted by molar-refractivity contribution is -0.116. The van der Waals surface area contributed by atoms with Crippen LogP contribution in [0.4, 0.5) is 5.69 Å². The predicted octanol–water partition coefficient (Wildman–Crippen LogP) is 4.10. The SMILES string of the molecule is Cc1cc(C)c(NC(=O)CN(C)S(=O)(=O)c2c(C)c(C)cc(C)c2C)c(C)c1. The van der Waals surface area contributed by atoms with Gasteiger partial charge in [-0.3, -0.25) is 4.79 Å². The summed E-state index contributed by atoms with van der Waals surface area (Å²) in [6.45, 7) is 13.0. The van der Waals surface area contributed by atoms with E-state index in [1.54, 1.807) is 0 Å². The van der Waals surface area contributed by atoms with E-state index in [4.69, 9.17) is 0 Å². The first-order valence-electron chi connectivity index (χ1n) is 9.27. The number of amides is 1. The number of likely N-dealkylation sites (N-methyl/N-ethyl adjacent to an activating group) is 1. The van der Waals surface area contributed by atoms with Gasteiger partial charge in [-0.25, -0.2) is 8.42 Å². The molecule has 0 unspecified atom stereocenters. The standard InChI is InChI=1S/C22H30N2O3S/c1-13-9-16(4)21(17(5)10-13)23-20(25)12-24(8)28(26,27)22-18(6)14(2)11-15(3)19(22)7/h9-11H,12H2,1-8H3,(H,23,25). The van der Waals surface area contributed by atoms with Crippen molar-refractivity contribution in [2.24, 2.45) is 0 Å². The molecule has 0 saturated carbocycles. The van der Waals surface area contributed by atoms with Crippen molar-refractivity contribution < 1.29 is 13.2 Å². The first-order valence-corrected chi connectivity index (χ1v) is 10.7. The van der Waals surface area contributed by atoms with E-state index in [-0.39, 0.29) is 12.5 Å². The van der Waals surface area contributed by atoms with Crippen LogP contribution < -0.4 is 5.32 Å². The number of aryl methyl sites for hydroxylation is 5. The minimum atomic E-state index is -3.79. The number of rotatable bonds is 5. The average Bonchev–Trinajstić information content (AvgIpc) is 2.56. The third kappa shape index (κ3) is 4.28. The molecule has 5 nitrogen and oxygen atoms in total. The zero-order chi connectivity index (χ0) is 21.4. The number of nitrogens with zero attached hydrogens (tertiary/aromatic N) is 1. The second kappa shape index (κ2) is 8.05. The number of nitrogens with one attached hydrogen (secondary N) is 1. The van der Waals surface area contributed by atoms with Gasteiger partial charge < -0.3 is 5.32 Å². The van der Waals surface area contributed by atoms with E-state index >= 15 is 0 Å². The summed E-state index contributed by atoms with van der Waals surface area (Å²) >= 11 is 0. The zero-order valence-electron chi connectivity index (χ0n) is 18.0. The molecule has 1 amide bonds. The van der Waals surface area contributed by atoms with Gasteiger partial charge in [0, 0.05) is 12.7 Å². The smallest absolute Gasteiger partial charge is 0.243 e. The number of carbonyl (C=O) groups excluding carboxylic acids is 1. The summed E-state index contributed by atoms with van der Waals surface area (Å²) in [5.41, 5.74) is 7.06. The maximum absolute atomic E-state index is 13.2. The Balaban J connectivity index is 2.30. The molecule has 0 radical (unpaired) electrons. The summed E-state index contributed by atoms with van der Waals surface area (Å²) in [5.74, 6) is -0.360. The minimum absolute atomic E-state index is 0.249. The molecule has 2 rings (SSSR count). The largest absolute Gasteiger partial charge is 0.324 e. The van der Waals surface area contributed by atoms with Crippen LogP contribution in [0.5, 0.6) is 0 Å². The van der Waals surface area contributed by atoms with Gasteiger partial charge in [0.25, 0.3) is 0 Å². The molecule has 0 aromatic heterocycles. The molecule has 2 aromatic carbocycles. The molecule has 0 bridgehead atoms. The van der Waals surface area contributed by atoms with Crippen LogP contribution in [0.3, 0.4) is 0 Å². The fourth-order valence-corrected chi connectivity index (χ4v) is 5.26. The monoisotopic (exact) mass is 402 g/mol. The van der Waals surface area contributed by atoms with Gasteiger partial charge in [0.2, 0.25) is 15.9 Å². The molecule has 28 heavy (non-hydrogen) atoms. The molecule has 152 valence electrons. The molecule has 0 atom stereocenters. The number of hydrogen-bond acceptors (Lipinski definition) is 3. The third-order valence-electron chi connectivity index (χ3n) is 5.27. The molecule has 0 spiro atoms. The summed E-state index contributed by atoms with van der Waals surface area (Å²) in [6.07, 6.45) is 0. The van der Waals surface area contributed by atoms with Gasteiger partial charge in [-0.2, -0.15) is 4.31 Å². The Hall–Kier alpha value is -2.18. The van der Waals surface area contributed by atoms with Gasteiger partial charge >= 0.3 is 0 Å². The topological polar surface area (TPSA) is 66.5 Å². The van der Waals surface area contributed by atoms with Gasteiger partial charge in [-0.05, 0) is 81.8 Å². The Morgan fingerprint density at radius 2 is 1.32 bits per heavy atom. The van der Waals surface area contributed by atoms with Gasteiger partial charge in [0.15, 0.2) is 0 Å². The Morgan fingerprint density at radius 1 is 0.857 bits per heavy atom. The highest BCUT2D eigenvalue weighted by Gasteiger charge is 2.28. The molecule has 1 N–H and O–H groups in total. The van der Waals surface area contributed by atoms with Crippen LogP contribution in [0, 0.1) is 48.5 Å². The van der Waals surface area contributed by atoms with Gasteiger partial charge in [-0.15, -0.1) is 0 Å². The predicted molar refractivity (Wildman–Crippen MR) is 114 cm³/mol. The van der Waals surface area contributed by atoms with Gasteiger partial charge in [-0.1, -0.05) is 23.8 Å². The summed E-state index contributed by atoms with van der Waals surface area (Å²) in [4.78, 5) is 12.9. The molecule has 2 aromatic rings. The van der Waals surface area contributed by atoms with E-state index in [9.17, 15) is 13.2 Å². The van der Waals surface area contributed by atoms with Crippen molar-refractivity contribution in [1.82, 2.24) is 4.31 Å². The van der Waals surface area contributed by atoms with Crippen LogP contribution in [0.25, 0.3) is 0 Å². The van der Waals surface area contributed by atoms with Crippen molar-refractivity contribution in [2.45, 2.75) is 53.4 Å². The average molecular weight is 403 g/mol. The number of benzene rings is 2. The summed E-state index contributed by atoms with van der Waals surface area (Å²) in [5, 5.41) is 2.87. The van der Waals surface area contributed by atoms with Gasteiger partial charge in [0.1, 0.15) is 0 Å². The fourth-order valence-electron chi connectivity index (χ4n) is 3.57. The normalized spacial score (nSPS) is 11.8. The third-order valence-corrected chi connectivity index (χ3v) is 7.35. The van der Waals surface area contributed by atoms with Crippen LogP contribution >= 0.6 is 0 Å². The van der Waals surface area contributed by atoms with Crippen LogP contribution in [0.1, 0.15) is 38.9 Å². The summed E-state index contributed by atoms with van der Waals surface area (Å²) in [7, 11) is -2.34. The highest BCUT2D eigenvalue weighted by Crippen LogP contribution is 2.28. The molecule has 0 saturated heterocycles. The van der Waals surface area contributed by atoms with Gasteiger partial charge in [0.05, 0.1) is 11.4 Å². The van der Waals surface area contributed by atoms with Crippen LogP contribution in [-0.2, 0) is 14.8 Å². The maximum atomic E-state index is 13.2. The van der Waals surface area contributed by atoms with E-state index in [2.05, 4.69) is 5.32 Å². The molecule has 0 aliphatic carbocycles. The van der Waals surface area contributed by atoms with Crippen LogP contribution in [0.15, 0.2) is 23.1 Å². The van der Waals surface area contributed by atoms with Crippen molar-refractivity contribution >= 4 is 21.6 Å². The van der Waals surface area contributed by atoms with E-state index in [1.165, 1.54) is 7.05 Å².